The van der Waals surface area contributed by atoms with Crippen LogP contribution in [-0.4, -0.2) is 17.7 Å². The van der Waals surface area contributed by atoms with E-state index in [1.807, 2.05) is 54.6 Å². The van der Waals surface area contributed by atoms with Crippen molar-refractivity contribution >= 4 is 56.7 Å². The highest BCUT2D eigenvalue weighted by atomic mass is 127. The van der Waals surface area contributed by atoms with Gasteiger partial charge >= 0.3 is 6.09 Å². The van der Waals surface area contributed by atoms with E-state index in [4.69, 9.17) is 16.3 Å². The summed E-state index contributed by atoms with van der Waals surface area (Å²) >= 11 is 7.77. The minimum Gasteiger partial charge on any atom is -0.488 e. The van der Waals surface area contributed by atoms with Crippen LogP contribution in [0.25, 0.3) is 10.8 Å². The third-order valence-corrected chi connectivity index (χ3v) is 5.37. The summed E-state index contributed by atoms with van der Waals surface area (Å²) in [5, 5.41) is 11.5. The summed E-state index contributed by atoms with van der Waals surface area (Å²) in [5.41, 5.74) is 2.93. The van der Waals surface area contributed by atoms with Crippen molar-refractivity contribution in [3.8, 4) is 5.75 Å². The summed E-state index contributed by atoms with van der Waals surface area (Å²) in [4.78, 5) is 13.0. The largest absolute Gasteiger partial charge is 0.488 e. The second-order valence-electron chi connectivity index (χ2n) is 5.78. The fourth-order valence-corrected chi connectivity index (χ4v) is 3.77. The molecule has 0 saturated heterocycles. The zero-order valence-corrected chi connectivity index (χ0v) is 17.2. The monoisotopic (exact) mass is 493 g/mol. The lowest BCUT2D eigenvalue weighted by Crippen LogP contribution is -2.30. The van der Waals surface area contributed by atoms with Gasteiger partial charge < -0.3 is 9.84 Å². The Morgan fingerprint density at radius 3 is 2.44 bits per heavy atom. The smallest absolute Gasteiger partial charge is 0.412 e. The van der Waals surface area contributed by atoms with Gasteiger partial charge in [-0.05, 0) is 28.2 Å². The van der Waals surface area contributed by atoms with E-state index in [9.17, 15) is 9.90 Å². The van der Waals surface area contributed by atoms with E-state index < -0.39 is 6.09 Å². The maximum absolute atomic E-state index is 11.8. The number of hydrogen-bond acceptors (Lipinski definition) is 2. The van der Waals surface area contributed by atoms with E-state index in [2.05, 4.69) is 22.6 Å². The van der Waals surface area contributed by atoms with Gasteiger partial charge in [-0.3, -0.25) is 4.90 Å². The summed E-state index contributed by atoms with van der Waals surface area (Å²) < 4.78 is 6.92. The number of halogens is 2. The van der Waals surface area contributed by atoms with Crippen molar-refractivity contribution in [2.45, 2.75) is 6.61 Å². The van der Waals surface area contributed by atoms with Crippen LogP contribution in [0.4, 0.5) is 10.5 Å². The molecule has 0 aliphatic carbocycles. The van der Waals surface area contributed by atoms with E-state index in [1.165, 1.54) is 10.4 Å². The number of fused-ring (bicyclic) bond motifs is 1. The number of nitrogens with zero attached hydrogens (tertiary/aromatic N) is 1. The fourth-order valence-electron chi connectivity index (χ4n) is 2.77. The van der Waals surface area contributed by atoms with E-state index in [1.54, 1.807) is 12.1 Å². The molecule has 3 aromatic rings. The van der Waals surface area contributed by atoms with Crippen LogP contribution in [-0.2, 0) is 6.61 Å². The normalized spacial score (nSPS) is 11.0. The summed E-state index contributed by atoms with van der Waals surface area (Å²) in [6, 6.07) is 19.5. The number of benzene rings is 3. The molecule has 3 rings (SSSR count). The van der Waals surface area contributed by atoms with Crippen LogP contribution in [0.15, 0.2) is 72.3 Å². The molecule has 0 atom stereocenters. The van der Waals surface area contributed by atoms with Gasteiger partial charge in [0.05, 0.1) is 5.69 Å². The molecular weight excluding hydrogens is 477 g/mol. The molecule has 138 valence electrons. The average Bonchev–Trinajstić information content (AvgIpc) is 2.69. The molecule has 0 saturated carbocycles. The molecule has 0 heterocycles. The van der Waals surface area contributed by atoms with Gasteiger partial charge in [0.1, 0.15) is 12.4 Å². The van der Waals surface area contributed by atoms with Gasteiger partial charge in [-0.2, -0.15) is 0 Å². The second-order valence-corrected chi connectivity index (χ2v) is 7.11. The average molecular weight is 494 g/mol. The SMILES string of the molecule is O=C(O)N(C/C=C/Cl)c1cc(OCc2ccccc2)c2ccccc2c1I. The van der Waals surface area contributed by atoms with E-state index in [-0.39, 0.29) is 6.54 Å². The van der Waals surface area contributed by atoms with Crippen LogP contribution in [0.5, 0.6) is 5.75 Å². The Morgan fingerprint density at radius 1 is 1.11 bits per heavy atom. The summed E-state index contributed by atoms with van der Waals surface area (Å²) in [7, 11) is 0. The van der Waals surface area contributed by atoms with Gasteiger partial charge in [-0.25, -0.2) is 4.79 Å². The van der Waals surface area contributed by atoms with Crippen LogP contribution >= 0.6 is 34.2 Å². The Hall–Kier alpha value is -2.25. The minimum absolute atomic E-state index is 0.158. The number of anilines is 1. The minimum atomic E-state index is -1.05. The van der Waals surface area contributed by atoms with Crippen LogP contribution < -0.4 is 9.64 Å². The quantitative estimate of drug-likeness (QED) is 0.412. The van der Waals surface area contributed by atoms with Gasteiger partial charge in [-0.1, -0.05) is 72.3 Å². The van der Waals surface area contributed by atoms with Gasteiger partial charge in [0, 0.05) is 32.5 Å². The maximum atomic E-state index is 11.8. The molecular formula is C21H17ClINO3. The van der Waals surface area contributed by atoms with Crippen molar-refractivity contribution in [2.75, 3.05) is 11.4 Å². The Labute approximate surface area is 176 Å². The highest BCUT2D eigenvalue weighted by Crippen LogP contribution is 2.37. The van der Waals surface area contributed by atoms with E-state index >= 15 is 0 Å². The summed E-state index contributed by atoms with van der Waals surface area (Å²) in [5.74, 6) is 0.644. The lowest BCUT2D eigenvalue weighted by atomic mass is 10.1. The molecule has 0 bridgehead atoms. The fraction of sp³-hybridized carbons (Fsp3) is 0.0952. The predicted octanol–water partition coefficient (Wildman–Crippen LogP) is 6.26. The van der Waals surface area contributed by atoms with Crippen LogP contribution in [0.3, 0.4) is 0 Å². The third kappa shape index (κ3) is 4.54. The number of carboxylic acid groups (broad SMARTS) is 1. The lowest BCUT2D eigenvalue weighted by Gasteiger charge is -2.22. The predicted molar refractivity (Wildman–Crippen MR) is 118 cm³/mol. The van der Waals surface area contributed by atoms with Crippen LogP contribution in [0, 0.1) is 3.57 Å². The first-order chi connectivity index (χ1) is 13.1. The van der Waals surface area contributed by atoms with Crippen molar-refractivity contribution in [3.63, 3.8) is 0 Å². The number of amides is 1. The molecule has 0 aromatic heterocycles. The Bertz CT molecular complexity index is 976. The van der Waals surface area contributed by atoms with Crippen molar-refractivity contribution in [1.29, 1.82) is 0 Å². The zero-order chi connectivity index (χ0) is 19.2. The molecule has 1 amide bonds. The van der Waals surface area contributed by atoms with Crippen molar-refractivity contribution in [2.24, 2.45) is 0 Å². The molecule has 4 nitrogen and oxygen atoms in total. The lowest BCUT2D eigenvalue weighted by molar-refractivity contribution is 0.202. The molecule has 3 aromatic carbocycles. The first-order valence-corrected chi connectivity index (χ1v) is 9.77. The molecule has 0 unspecified atom stereocenters. The number of carbonyl (C=O) groups is 1. The standard InChI is InChI=1S/C21H17ClINO3/c22-11-6-12-24(21(25)26)18-13-19(27-14-15-7-2-1-3-8-15)16-9-4-5-10-17(16)20(18)23/h1-11,13H,12,14H2,(H,25,26)/b11-6+. The Kier molecular flexibility index (Phi) is 6.58. The molecule has 0 fully saturated rings. The highest BCUT2D eigenvalue weighted by Gasteiger charge is 2.20. The number of ether oxygens (including phenoxy) is 1. The second kappa shape index (κ2) is 9.10. The van der Waals surface area contributed by atoms with E-state index in [0.29, 0.717) is 18.0 Å². The Balaban J connectivity index is 2.06. The molecule has 0 spiro atoms. The first-order valence-electron chi connectivity index (χ1n) is 8.25. The van der Waals surface area contributed by atoms with Gasteiger partial charge in [0.2, 0.25) is 0 Å². The van der Waals surface area contributed by atoms with Crippen molar-refractivity contribution in [3.05, 3.63) is 81.4 Å². The molecule has 0 radical (unpaired) electrons. The van der Waals surface area contributed by atoms with Gasteiger partial charge in [-0.15, -0.1) is 0 Å². The molecule has 27 heavy (non-hydrogen) atoms. The number of hydrogen-bond donors (Lipinski definition) is 1. The van der Waals surface area contributed by atoms with E-state index in [0.717, 1.165) is 19.9 Å². The summed E-state index contributed by atoms with van der Waals surface area (Å²) in [6.45, 7) is 0.560. The van der Waals surface area contributed by atoms with Crippen LogP contribution in [0.1, 0.15) is 5.56 Å². The molecule has 0 aliphatic heterocycles. The summed E-state index contributed by atoms with van der Waals surface area (Å²) in [6.07, 6.45) is 0.540. The highest BCUT2D eigenvalue weighted by molar-refractivity contribution is 14.1. The van der Waals surface area contributed by atoms with Gasteiger partial charge in [0.15, 0.2) is 0 Å². The van der Waals surface area contributed by atoms with Crippen molar-refractivity contribution in [1.82, 2.24) is 0 Å². The number of rotatable bonds is 6. The Morgan fingerprint density at radius 2 is 1.78 bits per heavy atom. The molecule has 1 N–H and O–H groups in total. The van der Waals surface area contributed by atoms with Gasteiger partial charge in [0.25, 0.3) is 0 Å². The topological polar surface area (TPSA) is 49.8 Å². The zero-order valence-electron chi connectivity index (χ0n) is 14.3. The maximum Gasteiger partial charge on any atom is 0.412 e. The molecule has 6 heteroatoms. The molecule has 0 aliphatic rings. The van der Waals surface area contributed by atoms with Crippen molar-refractivity contribution < 1.29 is 14.6 Å². The first kappa shape index (κ1) is 19.5. The third-order valence-electron chi connectivity index (χ3n) is 4.06. The van der Waals surface area contributed by atoms with Crippen LogP contribution in [0.2, 0.25) is 0 Å².